The molecule has 0 fully saturated rings. The van der Waals surface area contributed by atoms with E-state index in [1.165, 1.54) is 0 Å². The van der Waals surface area contributed by atoms with Crippen LogP contribution in [-0.4, -0.2) is 22.2 Å². The van der Waals surface area contributed by atoms with Crippen LogP contribution in [0.2, 0.25) is 0 Å². The van der Waals surface area contributed by atoms with Crippen LogP contribution in [0.1, 0.15) is 5.56 Å². The van der Waals surface area contributed by atoms with Crippen LogP contribution < -0.4 is 20.1 Å². The maximum atomic E-state index is 6.19. The molecule has 0 amide bonds. The summed E-state index contributed by atoms with van der Waals surface area (Å²) in [5, 5.41) is 7.71. The highest BCUT2D eigenvalue weighted by molar-refractivity contribution is 7.80. The highest BCUT2D eigenvalue weighted by Crippen LogP contribution is 2.30. The normalized spacial score (nSPS) is 10.6. The van der Waals surface area contributed by atoms with E-state index in [1.54, 1.807) is 7.11 Å². The molecular weight excluding hydrogens is 468 g/mol. The van der Waals surface area contributed by atoms with Crippen LogP contribution >= 0.6 is 12.2 Å². The van der Waals surface area contributed by atoms with Gasteiger partial charge in [0.2, 0.25) is 5.88 Å². The first-order chi connectivity index (χ1) is 17.6. The quantitative estimate of drug-likeness (QED) is 0.243. The van der Waals surface area contributed by atoms with Gasteiger partial charge in [-0.2, -0.15) is 4.98 Å². The number of aryl methyl sites for hydroxylation is 1. The Bertz CT molecular complexity index is 1520. The monoisotopic (exact) mass is 492 g/mol. The lowest BCUT2D eigenvalue weighted by Crippen LogP contribution is -2.18. The highest BCUT2D eigenvalue weighted by atomic mass is 32.1. The molecule has 0 saturated carbocycles. The second-order valence-corrected chi connectivity index (χ2v) is 8.58. The summed E-state index contributed by atoms with van der Waals surface area (Å²) in [5.41, 5.74) is 4.53. The number of fused-ring (bicyclic) bond motifs is 1. The van der Waals surface area contributed by atoms with E-state index < -0.39 is 0 Å². The van der Waals surface area contributed by atoms with Gasteiger partial charge in [-0.15, -0.1) is 0 Å². The first kappa shape index (κ1) is 23.3. The van der Waals surface area contributed by atoms with Crippen molar-refractivity contribution in [1.29, 1.82) is 0 Å². The van der Waals surface area contributed by atoms with Crippen molar-refractivity contribution in [3.63, 3.8) is 0 Å². The van der Waals surface area contributed by atoms with Gasteiger partial charge in [-0.05, 0) is 97.5 Å². The molecule has 36 heavy (non-hydrogen) atoms. The number of hydrogen-bond donors (Lipinski definition) is 2. The largest absolute Gasteiger partial charge is 0.497 e. The molecular formula is C29H24N4O2S. The number of nitrogens with one attached hydrogen (secondary N) is 2. The number of para-hydroxylation sites is 1. The summed E-state index contributed by atoms with van der Waals surface area (Å²) >= 11 is 5.45. The van der Waals surface area contributed by atoms with Gasteiger partial charge in [-0.3, -0.25) is 0 Å². The van der Waals surface area contributed by atoms with Crippen molar-refractivity contribution in [1.82, 2.24) is 9.97 Å². The summed E-state index contributed by atoms with van der Waals surface area (Å²) in [6.07, 6.45) is 0. The number of benzene rings is 4. The molecule has 0 saturated heterocycles. The van der Waals surface area contributed by atoms with Gasteiger partial charge < -0.3 is 20.1 Å². The molecule has 1 heterocycles. The van der Waals surface area contributed by atoms with E-state index in [-0.39, 0.29) is 0 Å². The van der Waals surface area contributed by atoms with Crippen molar-refractivity contribution < 1.29 is 9.47 Å². The molecule has 0 atom stereocenters. The second-order valence-electron chi connectivity index (χ2n) is 8.17. The predicted molar refractivity (Wildman–Crippen MR) is 149 cm³/mol. The molecule has 0 bridgehead atoms. The Morgan fingerprint density at radius 2 is 1.44 bits per heavy atom. The first-order valence-electron chi connectivity index (χ1n) is 11.4. The molecule has 5 rings (SSSR count). The Labute approximate surface area is 215 Å². The van der Waals surface area contributed by atoms with Gasteiger partial charge in [0, 0.05) is 16.9 Å². The zero-order chi connectivity index (χ0) is 24.9. The molecule has 0 radical (unpaired) electrons. The molecule has 6 nitrogen and oxygen atoms in total. The average Bonchev–Trinajstić information content (AvgIpc) is 2.89. The maximum Gasteiger partial charge on any atom is 0.230 e. The van der Waals surface area contributed by atoms with Crippen LogP contribution in [0.5, 0.6) is 17.4 Å². The SMILES string of the molecule is COc1ccc(NC(=S)Nc2ccc(-c3nc(Oc4cccc(C)c4)c4ccccc4n3)cc2)cc1. The first-order valence-corrected chi connectivity index (χ1v) is 11.8. The van der Waals surface area contributed by atoms with Crippen LogP contribution in [0.15, 0.2) is 97.1 Å². The van der Waals surface area contributed by atoms with E-state index in [9.17, 15) is 0 Å². The number of anilines is 2. The molecule has 2 N–H and O–H groups in total. The fraction of sp³-hybridized carbons (Fsp3) is 0.0690. The molecule has 0 aliphatic rings. The zero-order valence-electron chi connectivity index (χ0n) is 19.9. The van der Waals surface area contributed by atoms with E-state index >= 15 is 0 Å². The van der Waals surface area contributed by atoms with Gasteiger partial charge in [0.05, 0.1) is 18.0 Å². The number of ether oxygens (including phenoxy) is 2. The maximum absolute atomic E-state index is 6.19. The van der Waals surface area contributed by atoms with Crippen LogP contribution in [0.25, 0.3) is 22.3 Å². The van der Waals surface area contributed by atoms with Crippen LogP contribution in [0.3, 0.4) is 0 Å². The average molecular weight is 493 g/mol. The number of nitrogens with zero attached hydrogens (tertiary/aromatic N) is 2. The lowest BCUT2D eigenvalue weighted by molar-refractivity contribution is 0.415. The summed E-state index contributed by atoms with van der Waals surface area (Å²) < 4.78 is 11.4. The summed E-state index contributed by atoms with van der Waals surface area (Å²) in [5.74, 6) is 2.63. The van der Waals surface area contributed by atoms with Gasteiger partial charge in [0.15, 0.2) is 10.9 Å². The minimum absolute atomic E-state index is 0.490. The zero-order valence-corrected chi connectivity index (χ0v) is 20.7. The third-order valence-electron chi connectivity index (χ3n) is 5.52. The van der Waals surface area contributed by atoms with Crippen molar-refractivity contribution in [2.24, 2.45) is 0 Å². The Morgan fingerprint density at radius 3 is 2.14 bits per heavy atom. The molecule has 0 unspecified atom stereocenters. The van der Waals surface area contributed by atoms with Crippen molar-refractivity contribution in [3.05, 3.63) is 103 Å². The summed E-state index contributed by atoms with van der Waals surface area (Å²) in [7, 11) is 1.64. The number of aromatic nitrogens is 2. The van der Waals surface area contributed by atoms with E-state index in [0.29, 0.717) is 16.8 Å². The van der Waals surface area contributed by atoms with E-state index in [0.717, 1.165) is 44.9 Å². The topological polar surface area (TPSA) is 68.3 Å². The minimum atomic E-state index is 0.490. The van der Waals surface area contributed by atoms with E-state index in [4.69, 9.17) is 31.7 Å². The number of thiocarbonyl (C=S) groups is 1. The standard InChI is InChI=1S/C29H24N4O2S/c1-19-6-5-7-24(18-19)35-28-25-8-3-4-9-26(25)32-27(33-28)20-10-12-21(13-11-20)30-29(36)31-22-14-16-23(34-2)17-15-22/h3-18H,1-2H3,(H2,30,31,36). The molecule has 1 aromatic heterocycles. The Kier molecular flexibility index (Phi) is 6.73. The van der Waals surface area contributed by atoms with Gasteiger partial charge >= 0.3 is 0 Å². The van der Waals surface area contributed by atoms with Crippen LogP contribution in [-0.2, 0) is 0 Å². The van der Waals surface area contributed by atoms with Crippen LogP contribution in [0.4, 0.5) is 11.4 Å². The summed E-state index contributed by atoms with van der Waals surface area (Å²) in [6, 6.07) is 31.1. The molecule has 5 aromatic rings. The van der Waals surface area contributed by atoms with Gasteiger partial charge in [0.1, 0.15) is 11.5 Å². The molecule has 178 valence electrons. The molecule has 0 aliphatic heterocycles. The molecule has 0 spiro atoms. The van der Waals surface area contributed by atoms with Crippen LogP contribution in [0, 0.1) is 6.92 Å². The summed E-state index contributed by atoms with van der Waals surface area (Å²) in [6.45, 7) is 2.03. The molecule has 0 aliphatic carbocycles. The van der Waals surface area contributed by atoms with Crippen molar-refractivity contribution >= 4 is 39.6 Å². The number of hydrogen-bond acceptors (Lipinski definition) is 5. The fourth-order valence-electron chi connectivity index (χ4n) is 3.72. The lowest BCUT2D eigenvalue weighted by Gasteiger charge is -2.12. The lowest BCUT2D eigenvalue weighted by atomic mass is 10.1. The fourth-order valence-corrected chi connectivity index (χ4v) is 3.95. The smallest absolute Gasteiger partial charge is 0.230 e. The summed E-state index contributed by atoms with van der Waals surface area (Å²) in [4.78, 5) is 9.52. The van der Waals surface area contributed by atoms with Gasteiger partial charge in [-0.25, -0.2) is 4.98 Å². The Hall–Kier alpha value is -4.49. The third kappa shape index (κ3) is 5.42. The van der Waals surface area contributed by atoms with Crippen molar-refractivity contribution in [2.45, 2.75) is 6.92 Å². The van der Waals surface area contributed by atoms with Gasteiger partial charge in [-0.1, -0.05) is 24.3 Å². The van der Waals surface area contributed by atoms with Crippen molar-refractivity contribution in [3.8, 4) is 28.8 Å². The van der Waals surface area contributed by atoms with Crippen molar-refractivity contribution in [2.75, 3.05) is 17.7 Å². The molecule has 4 aromatic carbocycles. The Morgan fingerprint density at radius 1 is 0.750 bits per heavy atom. The van der Waals surface area contributed by atoms with E-state index in [2.05, 4.69) is 10.6 Å². The second kappa shape index (κ2) is 10.4. The third-order valence-corrected chi connectivity index (χ3v) is 5.73. The van der Waals surface area contributed by atoms with Gasteiger partial charge in [0.25, 0.3) is 0 Å². The molecule has 7 heteroatoms. The highest BCUT2D eigenvalue weighted by Gasteiger charge is 2.12. The minimum Gasteiger partial charge on any atom is -0.497 e. The van der Waals surface area contributed by atoms with E-state index in [1.807, 2.05) is 104 Å². The Balaban J connectivity index is 1.35. The number of rotatable bonds is 6. The predicted octanol–water partition coefficient (Wildman–Crippen LogP) is 7.22. The number of methoxy groups -OCH3 is 1.